The van der Waals surface area contributed by atoms with Crippen molar-refractivity contribution in [1.82, 2.24) is 0 Å². The van der Waals surface area contributed by atoms with Crippen molar-refractivity contribution < 1.29 is 9.53 Å². The van der Waals surface area contributed by atoms with Gasteiger partial charge < -0.3 is 4.74 Å². The van der Waals surface area contributed by atoms with Crippen molar-refractivity contribution in [3.63, 3.8) is 0 Å². The second-order valence-electron chi connectivity index (χ2n) is 2.00. The molecule has 0 aliphatic carbocycles. The molecule has 0 saturated carbocycles. The third kappa shape index (κ3) is 5.95. The predicted molar refractivity (Wildman–Crippen MR) is 44.3 cm³/mol. The molecule has 0 saturated heterocycles. The molecule has 0 aromatic heterocycles. The first-order valence-corrected chi connectivity index (χ1v) is 4.21. The number of rotatable bonds is 5. The molecule has 0 aromatic carbocycles. The summed E-state index contributed by atoms with van der Waals surface area (Å²) in [5, 5.41) is 0. The molecule has 0 aromatic rings. The normalized spacial score (nSPS) is 9.40. The third-order valence-corrected chi connectivity index (χ3v) is 1.42. The molecule has 0 radical (unpaired) electrons. The molecule has 0 N–H and O–H groups in total. The number of unbranched alkanes of at least 4 members (excludes halogenated alkanes) is 1. The molecule has 0 rings (SSSR count). The average molecular weight is 162 g/mol. The molecule has 0 bridgehead atoms. The number of hydrogen-bond acceptors (Lipinski definition) is 3. The van der Waals surface area contributed by atoms with E-state index in [-0.39, 0.29) is 5.97 Å². The summed E-state index contributed by atoms with van der Waals surface area (Å²) in [6, 6.07) is 0. The lowest BCUT2D eigenvalue weighted by Gasteiger charge is -2.00. The number of ether oxygens (including phenoxy) is 1. The number of esters is 1. The summed E-state index contributed by atoms with van der Waals surface area (Å²) in [5.41, 5.74) is 0. The number of hydrogen-bond donors (Lipinski definition) is 1. The highest BCUT2D eigenvalue weighted by atomic mass is 32.1. The SMILES string of the molecule is CCC(=O)OCCCCS. The third-order valence-electron chi connectivity index (χ3n) is 1.10. The van der Waals surface area contributed by atoms with E-state index in [0.29, 0.717) is 13.0 Å². The van der Waals surface area contributed by atoms with E-state index in [9.17, 15) is 4.79 Å². The molecule has 0 aliphatic rings. The summed E-state index contributed by atoms with van der Waals surface area (Å²) in [6.07, 6.45) is 2.41. The summed E-state index contributed by atoms with van der Waals surface area (Å²) >= 11 is 4.03. The highest BCUT2D eigenvalue weighted by Crippen LogP contribution is 1.93. The summed E-state index contributed by atoms with van der Waals surface area (Å²) < 4.78 is 4.82. The molecule has 60 valence electrons. The number of thiol groups is 1. The number of carbonyl (C=O) groups is 1. The molecule has 0 unspecified atom stereocenters. The van der Waals surface area contributed by atoms with Gasteiger partial charge in [-0.05, 0) is 18.6 Å². The highest BCUT2D eigenvalue weighted by Gasteiger charge is 1.95. The van der Waals surface area contributed by atoms with Crippen molar-refractivity contribution in [1.29, 1.82) is 0 Å². The fourth-order valence-electron chi connectivity index (χ4n) is 0.502. The zero-order valence-electron chi connectivity index (χ0n) is 6.30. The Morgan fingerprint density at radius 2 is 2.20 bits per heavy atom. The molecule has 0 atom stereocenters. The van der Waals surface area contributed by atoms with Crippen LogP contribution in [0.15, 0.2) is 0 Å². The Kier molecular flexibility index (Phi) is 6.81. The van der Waals surface area contributed by atoms with E-state index in [1.54, 1.807) is 6.92 Å². The van der Waals surface area contributed by atoms with E-state index in [1.165, 1.54) is 0 Å². The van der Waals surface area contributed by atoms with Crippen LogP contribution in [-0.4, -0.2) is 18.3 Å². The van der Waals surface area contributed by atoms with Crippen molar-refractivity contribution in [3.8, 4) is 0 Å². The van der Waals surface area contributed by atoms with Gasteiger partial charge in [-0.15, -0.1) is 0 Å². The van der Waals surface area contributed by atoms with Crippen LogP contribution >= 0.6 is 12.6 Å². The first kappa shape index (κ1) is 9.82. The topological polar surface area (TPSA) is 26.3 Å². The second kappa shape index (κ2) is 6.93. The first-order valence-electron chi connectivity index (χ1n) is 3.57. The lowest BCUT2D eigenvalue weighted by Crippen LogP contribution is -2.03. The molecule has 2 nitrogen and oxygen atoms in total. The Morgan fingerprint density at radius 1 is 1.50 bits per heavy atom. The van der Waals surface area contributed by atoms with Gasteiger partial charge in [0, 0.05) is 6.42 Å². The summed E-state index contributed by atoms with van der Waals surface area (Å²) in [5.74, 6) is 0.753. The minimum Gasteiger partial charge on any atom is -0.466 e. The van der Waals surface area contributed by atoms with Crippen LogP contribution in [0, 0.1) is 0 Å². The van der Waals surface area contributed by atoms with E-state index in [0.717, 1.165) is 18.6 Å². The Hall–Kier alpha value is -0.180. The zero-order chi connectivity index (χ0) is 7.82. The molecule has 3 heteroatoms. The van der Waals surface area contributed by atoms with E-state index in [2.05, 4.69) is 12.6 Å². The standard InChI is InChI=1S/C7H14O2S/c1-2-7(8)9-5-3-4-6-10/h10H,2-6H2,1H3. The van der Waals surface area contributed by atoms with Crippen molar-refractivity contribution in [3.05, 3.63) is 0 Å². The van der Waals surface area contributed by atoms with Gasteiger partial charge in [-0.3, -0.25) is 4.79 Å². The lowest BCUT2D eigenvalue weighted by atomic mass is 10.3. The second-order valence-corrected chi connectivity index (χ2v) is 2.45. The molecule has 0 spiro atoms. The van der Waals surface area contributed by atoms with Gasteiger partial charge in [-0.2, -0.15) is 12.6 Å². The van der Waals surface area contributed by atoms with Gasteiger partial charge in [-0.1, -0.05) is 6.92 Å². The van der Waals surface area contributed by atoms with Crippen LogP contribution in [0.5, 0.6) is 0 Å². The van der Waals surface area contributed by atoms with Crippen LogP contribution < -0.4 is 0 Å². The molecule has 0 amide bonds. The van der Waals surface area contributed by atoms with Crippen LogP contribution in [-0.2, 0) is 9.53 Å². The van der Waals surface area contributed by atoms with Crippen LogP contribution in [0.4, 0.5) is 0 Å². The Bertz CT molecular complexity index is 93.6. The van der Waals surface area contributed by atoms with Crippen molar-refractivity contribution in [2.75, 3.05) is 12.4 Å². The predicted octanol–water partition coefficient (Wildman–Crippen LogP) is 1.65. The Labute approximate surface area is 67.4 Å². The first-order chi connectivity index (χ1) is 4.81. The molecule has 0 fully saturated rings. The Balaban J connectivity index is 2.96. The van der Waals surface area contributed by atoms with Gasteiger partial charge in [0.1, 0.15) is 0 Å². The molecular formula is C7H14O2S. The minimum absolute atomic E-state index is 0.112. The van der Waals surface area contributed by atoms with Gasteiger partial charge in [0.25, 0.3) is 0 Å². The lowest BCUT2D eigenvalue weighted by molar-refractivity contribution is -0.143. The molecule has 0 heterocycles. The summed E-state index contributed by atoms with van der Waals surface area (Å²) in [4.78, 5) is 10.5. The minimum atomic E-state index is -0.112. The van der Waals surface area contributed by atoms with Gasteiger partial charge in [-0.25, -0.2) is 0 Å². The quantitative estimate of drug-likeness (QED) is 0.378. The van der Waals surface area contributed by atoms with E-state index < -0.39 is 0 Å². The zero-order valence-corrected chi connectivity index (χ0v) is 7.19. The molecular weight excluding hydrogens is 148 g/mol. The number of carbonyl (C=O) groups excluding carboxylic acids is 1. The summed E-state index contributed by atoms with van der Waals surface area (Å²) in [7, 11) is 0. The largest absolute Gasteiger partial charge is 0.466 e. The maximum Gasteiger partial charge on any atom is 0.305 e. The van der Waals surface area contributed by atoms with Crippen LogP contribution in [0.25, 0.3) is 0 Å². The van der Waals surface area contributed by atoms with Gasteiger partial charge >= 0.3 is 5.97 Å². The smallest absolute Gasteiger partial charge is 0.305 e. The van der Waals surface area contributed by atoms with E-state index in [4.69, 9.17) is 4.74 Å². The maximum atomic E-state index is 10.5. The van der Waals surface area contributed by atoms with Crippen LogP contribution in [0.2, 0.25) is 0 Å². The van der Waals surface area contributed by atoms with Gasteiger partial charge in [0.2, 0.25) is 0 Å². The van der Waals surface area contributed by atoms with Crippen molar-refractivity contribution in [2.24, 2.45) is 0 Å². The van der Waals surface area contributed by atoms with Crippen LogP contribution in [0.3, 0.4) is 0 Å². The van der Waals surface area contributed by atoms with Crippen molar-refractivity contribution in [2.45, 2.75) is 26.2 Å². The monoisotopic (exact) mass is 162 g/mol. The van der Waals surface area contributed by atoms with Crippen LogP contribution in [0.1, 0.15) is 26.2 Å². The fourth-order valence-corrected chi connectivity index (χ4v) is 0.726. The van der Waals surface area contributed by atoms with Gasteiger partial charge in [0.15, 0.2) is 0 Å². The van der Waals surface area contributed by atoms with E-state index in [1.807, 2.05) is 0 Å². The maximum absolute atomic E-state index is 10.5. The average Bonchev–Trinajstić information content (AvgIpc) is 1.98. The highest BCUT2D eigenvalue weighted by molar-refractivity contribution is 7.80. The van der Waals surface area contributed by atoms with Crippen molar-refractivity contribution >= 4 is 18.6 Å². The molecule has 10 heavy (non-hydrogen) atoms. The fraction of sp³-hybridized carbons (Fsp3) is 0.857. The molecule has 0 aliphatic heterocycles. The Morgan fingerprint density at radius 3 is 2.70 bits per heavy atom. The van der Waals surface area contributed by atoms with Gasteiger partial charge in [0.05, 0.1) is 6.61 Å². The summed E-state index contributed by atoms with van der Waals surface area (Å²) in [6.45, 7) is 2.34. The van der Waals surface area contributed by atoms with E-state index >= 15 is 0 Å².